The second-order valence-corrected chi connectivity index (χ2v) is 13.3. The van der Waals surface area contributed by atoms with E-state index in [1.54, 1.807) is 99.3 Å². The molecular weight excluding hydrogens is 745 g/mol. The average Bonchev–Trinajstić information content (AvgIpc) is 3.24. The minimum Gasteiger partial charge on any atom is -0.291 e. The molecule has 0 spiro atoms. The van der Waals surface area contributed by atoms with E-state index < -0.39 is 0 Å². The third kappa shape index (κ3) is 13.5. The normalized spacial score (nSPS) is 15.3. The molecule has 60 heavy (non-hydrogen) atoms. The van der Waals surface area contributed by atoms with Gasteiger partial charge in [-0.25, -0.2) is 0 Å². The smallest absolute Gasteiger partial charge is 0.0585 e. The quantitative estimate of drug-likeness (QED) is 0.172. The predicted molar refractivity (Wildman–Crippen MR) is 253 cm³/mol. The molecule has 0 amide bonds. The van der Waals surface area contributed by atoms with Crippen molar-refractivity contribution in [2.75, 3.05) is 26.2 Å². The summed E-state index contributed by atoms with van der Waals surface area (Å²) in [6.07, 6.45) is 34.7. The summed E-state index contributed by atoms with van der Waals surface area (Å²) < 4.78 is 0. The number of nitrogens with zero attached hydrogens (tertiary/aromatic N) is 12. The van der Waals surface area contributed by atoms with Crippen LogP contribution in [0.5, 0.6) is 0 Å². The van der Waals surface area contributed by atoms with Gasteiger partial charge < -0.3 is 0 Å². The number of fused-ring (bicyclic) bond motifs is 14. The molecule has 0 atom stereocenters. The molecule has 4 aliphatic rings. The highest BCUT2D eigenvalue weighted by Gasteiger charge is 2.01. The summed E-state index contributed by atoms with van der Waals surface area (Å²) in [6.45, 7) is 2.00. The Morgan fingerprint density at radius 2 is 0.317 bits per heavy atom. The Balaban J connectivity index is 1.37. The molecule has 0 unspecified atom stereocenters. The second-order valence-electron chi connectivity index (χ2n) is 13.3. The Hall–Kier alpha value is -8.12. The van der Waals surface area contributed by atoms with Gasteiger partial charge in [-0.15, -0.1) is 0 Å². The fourth-order valence-electron chi connectivity index (χ4n) is 5.96. The zero-order valence-electron chi connectivity index (χ0n) is 32.7. The highest BCUT2D eigenvalue weighted by atomic mass is 14.8. The monoisotopic (exact) mass is 784 g/mol. The van der Waals surface area contributed by atoms with E-state index in [0.717, 1.165) is 66.8 Å². The second kappa shape index (κ2) is 22.0. The molecule has 0 aliphatic carbocycles. The third-order valence-corrected chi connectivity index (χ3v) is 8.42. The minimum atomic E-state index is 0.499. The molecule has 0 N–H and O–H groups in total. The van der Waals surface area contributed by atoms with Gasteiger partial charge in [0.05, 0.1) is 26.2 Å². The Bertz CT molecular complexity index is 2160. The van der Waals surface area contributed by atoms with Crippen molar-refractivity contribution in [1.82, 2.24) is 0 Å². The molecule has 4 aromatic carbocycles. The van der Waals surface area contributed by atoms with E-state index in [2.05, 4.69) is 59.9 Å². The van der Waals surface area contributed by atoms with Gasteiger partial charge in [0.15, 0.2) is 0 Å². The lowest BCUT2D eigenvalue weighted by Crippen LogP contribution is -1.95. The van der Waals surface area contributed by atoms with E-state index in [-0.39, 0.29) is 0 Å². The molecule has 4 aromatic rings. The van der Waals surface area contributed by atoms with E-state index in [1.807, 2.05) is 97.7 Å². The van der Waals surface area contributed by atoms with Crippen LogP contribution in [0.3, 0.4) is 0 Å². The molecule has 0 saturated carbocycles. The zero-order chi connectivity index (χ0) is 40.9. The number of rotatable bonds is 0. The van der Waals surface area contributed by atoms with Crippen molar-refractivity contribution in [2.24, 2.45) is 59.9 Å². The van der Waals surface area contributed by atoms with Crippen molar-refractivity contribution in [3.63, 3.8) is 0 Å². The van der Waals surface area contributed by atoms with Crippen molar-refractivity contribution < 1.29 is 0 Å². The van der Waals surface area contributed by atoms with Gasteiger partial charge in [-0.3, -0.25) is 59.9 Å². The standard InChI is InChI=1S/C48H40N12/c1-2-50-26-38-15-41-18-42(16-38)30-54-8-10-58-34-46-20-44-22-48(24-46)36-60-12-11-59-35-47-21-43(19-45(23-47)33-57-9-7-53-29-41)31-55-5-3-51-27-39-13-37(25-49-1)14-40(17-39)28-52-4-6-56-32-44/h1-3,5,8,10-36H,4,6-7,9H2. The van der Waals surface area contributed by atoms with Crippen LogP contribution < -0.4 is 0 Å². The molecule has 12 heteroatoms. The molecule has 292 valence electrons. The van der Waals surface area contributed by atoms with Crippen molar-refractivity contribution in [3.05, 3.63) is 189 Å². The van der Waals surface area contributed by atoms with Crippen LogP contribution in [-0.2, 0) is 0 Å². The summed E-state index contributed by atoms with van der Waals surface area (Å²) in [7, 11) is 0. The van der Waals surface area contributed by atoms with Crippen LogP contribution in [0.2, 0.25) is 0 Å². The molecule has 4 aliphatic heterocycles. The van der Waals surface area contributed by atoms with Crippen LogP contribution in [0.25, 0.3) is 0 Å². The Labute approximate surface area is 348 Å². The van der Waals surface area contributed by atoms with Gasteiger partial charge in [-0.1, -0.05) is 0 Å². The van der Waals surface area contributed by atoms with Crippen molar-refractivity contribution in [3.8, 4) is 0 Å². The van der Waals surface area contributed by atoms with Crippen LogP contribution in [0, 0.1) is 0 Å². The van der Waals surface area contributed by atoms with Gasteiger partial charge in [0.2, 0.25) is 0 Å². The number of benzene rings is 4. The first kappa shape index (κ1) is 40.1. The van der Waals surface area contributed by atoms with Crippen LogP contribution in [0.15, 0.2) is 182 Å². The zero-order valence-corrected chi connectivity index (χ0v) is 32.7. The van der Waals surface area contributed by atoms with Crippen LogP contribution in [0.4, 0.5) is 0 Å². The molecule has 4 heterocycles. The van der Waals surface area contributed by atoms with Gasteiger partial charge in [0.1, 0.15) is 0 Å². The predicted octanol–water partition coefficient (Wildman–Crippen LogP) is 7.74. The molecule has 8 rings (SSSR count). The van der Waals surface area contributed by atoms with E-state index >= 15 is 0 Å². The lowest BCUT2D eigenvalue weighted by atomic mass is 10.1. The molecule has 0 aromatic heterocycles. The highest BCUT2D eigenvalue weighted by Crippen LogP contribution is 2.11. The molecule has 0 fully saturated rings. The first-order valence-corrected chi connectivity index (χ1v) is 19.2. The topological polar surface area (TPSA) is 148 Å². The lowest BCUT2D eigenvalue weighted by Gasteiger charge is -2.01. The van der Waals surface area contributed by atoms with Gasteiger partial charge in [0, 0.05) is 124 Å². The highest BCUT2D eigenvalue weighted by molar-refractivity contribution is 5.95. The third-order valence-electron chi connectivity index (χ3n) is 8.42. The number of hydrogen-bond donors (Lipinski definition) is 0. The SMILES string of the molecule is C1=CN=Cc2cc3cc(c2)C=NCCN=Cc2cc4cc(c2)C=NC=CN=Cc2cc(cc(c2)C=NCCN=Cc2cc(cc(c2)C=NC=CN=C4)C=N1)C=NC=CN=C3. The minimum absolute atomic E-state index is 0.499. The van der Waals surface area contributed by atoms with Gasteiger partial charge >= 0.3 is 0 Å². The average molecular weight is 785 g/mol. The van der Waals surface area contributed by atoms with Gasteiger partial charge in [-0.05, 0) is 140 Å². The number of aliphatic imine (C=N–C) groups is 12. The summed E-state index contributed by atoms with van der Waals surface area (Å²) in [6, 6.07) is 24.1. The first-order valence-electron chi connectivity index (χ1n) is 19.2. The molecule has 0 saturated heterocycles. The molecule has 12 bridgehead atoms. The summed E-state index contributed by atoms with van der Waals surface area (Å²) in [5.74, 6) is 0. The van der Waals surface area contributed by atoms with Gasteiger partial charge in [0.25, 0.3) is 0 Å². The maximum absolute atomic E-state index is 4.66. The van der Waals surface area contributed by atoms with E-state index in [4.69, 9.17) is 0 Å². The van der Waals surface area contributed by atoms with E-state index in [9.17, 15) is 0 Å². The fraction of sp³-hybridized carbons (Fsp3) is 0.0833. The Morgan fingerprint density at radius 3 is 0.467 bits per heavy atom. The van der Waals surface area contributed by atoms with Crippen molar-refractivity contribution >= 4 is 74.6 Å². The molecule has 12 nitrogen and oxygen atoms in total. The first-order chi connectivity index (χ1) is 29.7. The van der Waals surface area contributed by atoms with Crippen LogP contribution >= 0.6 is 0 Å². The van der Waals surface area contributed by atoms with Crippen LogP contribution in [0.1, 0.15) is 66.8 Å². The Morgan fingerprint density at radius 1 is 0.183 bits per heavy atom. The maximum atomic E-state index is 4.66. The maximum Gasteiger partial charge on any atom is 0.0585 e. The summed E-state index contributed by atoms with van der Waals surface area (Å²) in [4.78, 5) is 54.6. The Kier molecular flexibility index (Phi) is 14.7. The summed E-state index contributed by atoms with van der Waals surface area (Å²) in [5.41, 5.74) is 10.6. The van der Waals surface area contributed by atoms with Crippen molar-refractivity contribution in [1.29, 1.82) is 0 Å². The largest absolute Gasteiger partial charge is 0.291 e. The molecular formula is C48H40N12. The lowest BCUT2D eigenvalue weighted by molar-refractivity contribution is 0.985. The van der Waals surface area contributed by atoms with E-state index in [0.29, 0.717) is 26.2 Å². The van der Waals surface area contributed by atoms with Gasteiger partial charge in [-0.2, -0.15) is 0 Å². The number of hydrogen-bond acceptors (Lipinski definition) is 12. The van der Waals surface area contributed by atoms with Crippen LogP contribution in [-0.4, -0.2) is 101 Å². The van der Waals surface area contributed by atoms with E-state index in [1.165, 1.54) is 0 Å². The molecule has 0 radical (unpaired) electrons. The fourth-order valence-corrected chi connectivity index (χ4v) is 5.96. The summed E-state index contributed by atoms with van der Waals surface area (Å²) in [5, 5.41) is 0. The van der Waals surface area contributed by atoms with Crippen molar-refractivity contribution in [2.45, 2.75) is 0 Å². The summed E-state index contributed by atoms with van der Waals surface area (Å²) >= 11 is 0.